The van der Waals surface area contributed by atoms with Gasteiger partial charge in [-0.3, -0.25) is 23.6 Å². The zero-order chi connectivity index (χ0) is 28.1. The number of carbonyl (C=O) groups excluding carboxylic acids is 1. The van der Waals surface area contributed by atoms with Crippen LogP contribution in [0.2, 0.25) is 0 Å². The molecule has 12 nitrogen and oxygen atoms in total. The molecule has 0 unspecified atom stereocenters. The number of nitrogens with zero attached hydrogens (tertiary/aromatic N) is 6. The third kappa shape index (κ3) is 5.75. The second kappa shape index (κ2) is 12.0. The molecule has 3 aromatic rings. The quantitative estimate of drug-likeness (QED) is 0.292. The van der Waals surface area contributed by atoms with Crippen LogP contribution >= 0.6 is 0 Å². The van der Waals surface area contributed by atoms with Crippen LogP contribution in [0.3, 0.4) is 0 Å². The SMILES string of the molecule is COc1cc(/C=C/C=C/C(=O)N2CCN(CCn3cnc4c3c(=O)n(C)c(=O)n4C)CC2)cc(OC)c1OC. The normalized spacial score (nSPS) is 14.5. The molecule has 0 saturated carbocycles. The van der Waals surface area contributed by atoms with Crippen molar-refractivity contribution in [1.82, 2.24) is 28.5 Å². The topological polar surface area (TPSA) is 113 Å². The van der Waals surface area contributed by atoms with Gasteiger partial charge in [-0.25, -0.2) is 9.78 Å². The predicted octanol–water partition coefficient (Wildman–Crippen LogP) is 0.873. The van der Waals surface area contributed by atoms with E-state index in [9.17, 15) is 14.4 Å². The van der Waals surface area contributed by atoms with E-state index in [1.807, 2.05) is 23.1 Å². The number of allylic oxidation sites excluding steroid dienone is 2. The third-order valence-corrected chi connectivity index (χ3v) is 6.88. The van der Waals surface area contributed by atoms with E-state index in [4.69, 9.17) is 14.2 Å². The van der Waals surface area contributed by atoms with Crippen LogP contribution in [0.25, 0.3) is 17.2 Å². The van der Waals surface area contributed by atoms with Crippen molar-refractivity contribution in [3.8, 4) is 17.2 Å². The molecule has 4 rings (SSSR count). The molecule has 1 saturated heterocycles. The molecule has 2 aromatic heterocycles. The average Bonchev–Trinajstić information content (AvgIpc) is 3.39. The summed E-state index contributed by atoms with van der Waals surface area (Å²) < 4.78 is 20.4. The summed E-state index contributed by atoms with van der Waals surface area (Å²) >= 11 is 0. The number of methoxy groups -OCH3 is 3. The molecular formula is C27H34N6O6. The molecule has 3 heterocycles. The Morgan fingerprint density at radius 2 is 1.59 bits per heavy atom. The number of fused-ring (bicyclic) bond motifs is 1. The standard InChI is InChI=1S/C27H34N6O6/c1-29-25-23(26(35)30(2)27(29)36)33(18-28-25)15-12-31-10-13-32(14-11-31)22(34)9-7-6-8-19-16-20(37-3)24(39-5)21(17-19)38-4/h6-9,16-18H,10-15H2,1-5H3/b8-6+,9-7+. The summed E-state index contributed by atoms with van der Waals surface area (Å²) in [5, 5.41) is 0. The smallest absolute Gasteiger partial charge is 0.332 e. The van der Waals surface area contributed by atoms with E-state index < -0.39 is 5.69 Å². The largest absolute Gasteiger partial charge is 0.493 e. The van der Waals surface area contributed by atoms with Crippen molar-refractivity contribution in [3.05, 3.63) is 63.1 Å². The fourth-order valence-corrected chi connectivity index (χ4v) is 4.62. The van der Waals surface area contributed by atoms with E-state index in [0.29, 0.717) is 54.6 Å². The number of aromatic nitrogens is 4. The van der Waals surface area contributed by atoms with Gasteiger partial charge >= 0.3 is 5.69 Å². The fourth-order valence-electron chi connectivity index (χ4n) is 4.62. The maximum atomic E-state index is 12.7. The van der Waals surface area contributed by atoms with Crippen LogP contribution in [0.5, 0.6) is 17.2 Å². The van der Waals surface area contributed by atoms with Gasteiger partial charge in [0, 0.05) is 59.4 Å². The summed E-state index contributed by atoms with van der Waals surface area (Å²) in [4.78, 5) is 45.8. The van der Waals surface area contributed by atoms with Crippen LogP contribution in [-0.2, 0) is 25.4 Å². The van der Waals surface area contributed by atoms with Gasteiger partial charge in [0.2, 0.25) is 11.7 Å². The number of amides is 1. The zero-order valence-corrected chi connectivity index (χ0v) is 22.9. The molecule has 0 aliphatic carbocycles. The van der Waals surface area contributed by atoms with Crippen molar-refractivity contribution in [3.63, 3.8) is 0 Å². The molecule has 1 amide bonds. The summed E-state index contributed by atoms with van der Waals surface area (Å²) in [6.45, 7) is 3.94. The first-order chi connectivity index (χ1) is 18.8. The zero-order valence-electron chi connectivity index (χ0n) is 22.9. The van der Waals surface area contributed by atoms with E-state index in [1.165, 1.54) is 11.6 Å². The molecular weight excluding hydrogens is 504 g/mol. The molecule has 0 atom stereocenters. The lowest BCUT2D eigenvalue weighted by molar-refractivity contribution is -0.127. The number of piperazine rings is 1. The second-order valence-electron chi connectivity index (χ2n) is 9.16. The fraction of sp³-hybridized carbons (Fsp3) is 0.407. The lowest BCUT2D eigenvalue weighted by atomic mass is 10.1. The highest BCUT2D eigenvalue weighted by atomic mass is 16.5. The molecule has 1 aromatic carbocycles. The Bertz CT molecular complexity index is 1500. The van der Waals surface area contributed by atoms with Crippen LogP contribution in [-0.4, -0.2) is 88.4 Å². The second-order valence-corrected chi connectivity index (χ2v) is 9.16. The Labute approximate surface area is 225 Å². The van der Waals surface area contributed by atoms with Crippen LogP contribution in [0, 0.1) is 0 Å². The van der Waals surface area contributed by atoms with E-state index in [0.717, 1.165) is 23.2 Å². The summed E-state index contributed by atoms with van der Waals surface area (Å²) in [7, 11) is 7.76. The van der Waals surface area contributed by atoms with Crippen LogP contribution < -0.4 is 25.5 Å². The van der Waals surface area contributed by atoms with Gasteiger partial charge in [-0.1, -0.05) is 18.2 Å². The van der Waals surface area contributed by atoms with Crippen molar-refractivity contribution < 1.29 is 19.0 Å². The molecule has 1 aliphatic heterocycles. The number of aryl methyl sites for hydroxylation is 1. The molecule has 0 N–H and O–H groups in total. The minimum absolute atomic E-state index is 0.0470. The molecule has 0 bridgehead atoms. The number of benzene rings is 1. The van der Waals surface area contributed by atoms with E-state index >= 15 is 0 Å². The monoisotopic (exact) mass is 538 g/mol. The summed E-state index contributed by atoms with van der Waals surface area (Å²) in [5.74, 6) is 1.60. The average molecular weight is 539 g/mol. The van der Waals surface area contributed by atoms with Crippen molar-refractivity contribution in [2.45, 2.75) is 6.54 Å². The molecule has 1 fully saturated rings. The molecule has 1 aliphatic rings. The number of ether oxygens (including phenoxy) is 3. The first-order valence-electron chi connectivity index (χ1n) is 12.6. The van der Waals surface area contributed by atoms with Gasteiger partial charge in [0.1, 0.15) is 0 Å². The third-order valence-electron chi connectivity index (χ3n) is 6.88. The predicted molar refractivity (Wildman–Crippen MR) is 148 cm³/mol. The molecule has 0 spiro atoms. The highest BCUT2D eigenvalue weighted by Crippen LogP contribution is 2.38. The maximum absolute atomic E-state index is 12.7. The van der Waals surface area contributed by atoms with Gasteiger partial charge in [-0.15, -0.1) is 0 Å². The minimum Gasteiger partial charge on any atom is -0.493 e. The van der Waals surface area contributed by atoms with Gasteiger partial charge < -0.3 is 23.7 Å². The first kappa shape index (κ1) is 27.7. The Balaban J connectivity index is 1.30. The maximum Gasteiger partial charge on any atom is 0.332 e. The van der Waals surface area contributed by atoms with Gasteiger partial charge in [-0.2, -0.15) is 0 Å². The number of rotatable bonds is 9. The minimum atomic E-state index is -0.399. The first-order valence-corrected chi connectivity index (χ1v) is 12.6. The van der Waals surface area contributed by atoms with E-state index in [1.54, 1.807) is 57.5 Å². The van der Waals surface area contributed by atoms with Crippen molar-refractivity contribution in [2.24, 2.45) is 14.1 Å². The number of imidazole rings is 1. The Morgan fingerprint density at radius 1 is 0.923 bits per heavy atom. The van der Waals surface area contributed by atoms with Crippen LogP contribution in [0.15, 0.2) is 46.3 Å². The summed E-state index contributed by atoms with van der Waals surface area (Å²) in [6.07, 6.45) is 8.53. The number of carbonyl (C=O) groups is 1. The van der Waals surface area contributed by atoms with Gasteiger partial charge in [0.05, 0.1) is 27.7 Å². The molecule has 12 heteroatoms. The van der Waals surface area contributed by atoms with E-state index in [-0.39, 0.29) is 11.5 Å². The highest BCUT2D eigenvalue weighted by Gasteiger charge is 2.20. The van der Waals surface area contributed by atoms with Crippen LogP contribution in [0.1, 0.15) is 5.56 Å². The molecule has 0 radical (unpaired) electrons. The molecule has 39 heavy (non-hydrogen) atoms. The Hall–Kier alpha value is -4.32. The van der Waals surface area contributed by atoms with Gasteiger partial charge in [0.15, 0.2) is 22.7 Å². The van der Waals surface area contributed by atoms with E-state index in [2.05, 4.69) is 9.88 Å². The lowest BCUT2D eigenvalue weighted by Gasteiger charge is -2.34. The number of hydrogen-bond acceptors (Lipinski definition) is 8. The van der Waals surface area contributed by atoms with Gasteiger partial charge in [0.25, 0.3) is 5.56 Å². The number of hydrogen-bond donors (Lipinski definition) is 0. The Morgan fingerprint density at radius 3 is 2.21 bits per heavy atom. The van der Waals surface area contributed by atoms with Crippen molar-refractivity contribution in [2.75, 3.05) is 54.1 Å². The van der Waals surface area contributed by atoms with Crippen molar-refractivity contribution in [1.29, 1.82) is 0 Å². The van der Waals surface area contributed by atoms with Crippen molar-refractivity contribution >= 4 is 23.1 Å². The molecule has 208 valence electrons. The summed E-state index contributed by atoms with van der Waals surface area (Å²) in [6, 6.07) is 3.66. The highest BCUT2D eigenvalue weighted by molar-refractivity contribution is 5.88. The van der Waals surface area contributed by atoms with Crippen LogP contribution in [0.4, 0.5) is 0 Å². The lowest BCUT2D eigenvalue weighted by Crippen LogP contribution is -2.49. The Kier molecular flexibility index (Phi) is 8.55. The summed E-state index contributed by atoms with van der Waals surface area (Å²) in [5.41, 5.74) is 0.889. The van der Waals surface area contributed by atoms with Gasteiger partial charge in [-0.05, 0) is 17.7 Å².